The van der Waals surface area contributed by atoms with E-state index in [1.165, 1.54) is 51.6 Å². The van der Waals surface area contributed by atoms with E-state index in [1.807, 2.05) is 0 Å². The van der Waals surface area contributed by atoms with Gasteiger partial charge in [0.25, 0.3) is 0 Å². The molecule has 104 valence electrons. The first kappa shape index (κ1) is 11.8. The van der Waals surface area contributed by atoms with Gasteiger partial charge in [-0.05, 0) is 45.6 Å². The zero-order chi connectivity index (χ0) is 12.8. The zero-order valence-electron chi connectivity index (χ0n) is 11.8. The van der Waals surface area contributed by atoms with E-state index in [2.05, 4.69) is 27.9 Å². The lowest BCUT2D eigenvalue weighted by Gasteiger charge is -2.33. The molecule has 4 rings (SSSR count). The Balaban J connectivity index is 1.60. The van der Waals surface area contributed by atoms with Crippen molar-refractivity contribution in [2.24, 2.45) is 0 Å². The summed E-state index contributed by atoms with van der Waals surface area (Å²) >= 11 is 0. The number of imidazole rings is 1. The molecule has 2 aliphatic heterocycles. The van der Waals surface area contributed by atoms with Gasteiger partial charge in [0.2, 0.25) is 5.95 Å². The van der Waals surface area contributed by atoms with Crippen molar-refractivity contribution in [3.8, 4) is 0 Å². The van der Waals surface area contributed by atoms with Crippen LogP contribution >= 0.6 is 0 Å². The highest BCUT2D eigenvalue weighted by atomic mass is 15.3. The minimum atomic E-state index is 0.641. The van der Waals surface area contributed by atoms with Crippen molar-refractivity contribution in [3.05, 3.63) is 11.9 Å². The Bertz CT molecular complexity index is 463. The summed E-state index contributed by atoms with van der Waals surface area (Å²) in [6.07, 6.45) is 10.3. The minimum absolute atomic E-state index is 0.641. The number of hydrogen-bond acceptors (Lipinski definition) is 3. The third-order valence-corrected chi connectivity index (χ3v) is 4.94. The lowest BCUT2D eigenvalue weighted by Crippen LogP contribution is -2.37. The number of nitrogens with one attached hydrogen (secondary N) is 1. The fourth-order valence-corrected chi connectivity index (χ4v) is 3.83. The summed E-state index contributed by atoms with van der Waals surface area (Å²) in [7, 11) is 0. The van der Waals surface area contributed by atoms with Crippen molar-refractivity contribution in [1.29, 1.82) is 0 Å². The second-order valence-corrected chi connectivity index (χ2v) is 6.49. The van der Waals surface area contributed by atoms with Crippen LogP contribution in [0.2, 0.25) is 0 Å². The first-order valence-corrected chi connectivity index (χ1v) is 7.87. The molecule has 2 saturated heterocycles. The van der Waals surface area contributed by atoms with Crippen molar-refractivity contribution in [3.63, 3.8) is 0 Å². The molecule has 4 heteroatoms. The second-order valence-electron chi connectivity index (χ2n) is 6.49. The molecule has 1 aromatic rings. The molecule has 0 spiro atoms. The summed E-state index contributed by atoms with van der Waals surface area (Å²) in [5, 5.41) is 3.61. The topological polar surface area (TPSA) is 33.1 Å². The van der Waals surface area contributed by atoms with E-state index in [1.54, 1.807) is 0 Å². The summed E-state index contributed by atoms with van der Waals surface area (Å²) in [6, 6.07) is 2.08. The smallest absolute Gasteiger partial charge is 0.203 e. The second kappa shape index (κ2) is 4.51. The van der Waals surface area contributed by atoms with Gasteiger partial charge >= 0.3 is 0 Å². The van der Waals surface area contributed by atoms with Gasteiger partial charge in [0, 0.05) is 24.8 Å². The summed E-state index contributed by atoms with van der Waals surface area (Å²) in [6.45, 7) is 4.69. The Morgan fingerprint density at radius 3 is 2.84 bits per heavy atom. The van der Waals surface area contributed by atoms with Gasteiger partial charge in [0.05, 0.1) is 11.7 Å². The maximum absolute atomic E-state index is 4.71. The third kappa shape index (κ3) is 2.16. The summed E-state index contributed by atoms with van der Waals surface area (Å²) < 4.78 is 2.45. The Hall–Kier alpha value is -1.03. The first-order chi connectivity index (χ1) is 9.31. The Labute approximate surface area is 115 Å². The van der Waals surface area contributed by atoms with E-state index < -0.39 is 0 Å². The number of nitrogens with zero attached hydrogens (tertiary/aromatic N) is 3. The summed E-state index contributed by atoms with van der Waals surface area (Å²) in [4.78, 5) is 7.41. The van der Waals surface area contributed by atoms with E-state index in [0.29, 0.717) is 12.1 Å². The molecule has 2 atom stereocenters. The van der Waals surface area contributed by atoms with Crippen LogP contribution in [0.3, 0.4) is 0 Å². The molecule has 1 aliphatic carbocycles. The Morgan fingerprint density at radius 1 is 1.11 bits per heavy atom. The maximum atomic E-state index is 4.71. The van der Waals surface area contributed by atoms with Crippen LogP contribution in [0.25, 0.3) is 0 Å². The SMILES string of the molecule is Cc1cn(C2CCN3CCCCC23)c(NC2CC2)n1. The molecule has 0 bridgehead atoms. The largest absolute Gasteiger partial charge is 0.353 e. The number of rotatable bonds is 3. The molecule has 0 amide bonds. The van der Waals surface area contributed by atoms with Gasteiger partial charge in [-0.3, -0.25) is 4.90 Å². The monoisotopic (exact) mass is 260 g/mol. The van der Waals surface area contributed by atoms with Crippen LogP contribution in [0.5, 0.6) is 0 Å². The maximum Gasteiger partial charge on any atom is 0.203 e. The molecule has 2 unspecified atom stereocenters. The van der Waals surface area contributed by atoms with Crippen molar-refractivity contribution in [2.75, 3.05) is 18.4 Å². The number of anilines is 1. The molecule has 3 aliphatic rings. The fraction of sp³-hybridized carbons (Fsp3) is 0.800. The van der Waals surface area contributed by atoms with Gasteiger partial charge in [0.1, 0.15) is 0 Å². The van der Waals surface area contributed by atoms with E-state index in [-0.39, 0.29) is 0 Å². The first-order valence-electron chi connectivity index (χ1n) is 7.87. The third-order valence-electron chi connectivity index (χ3n) is 4.94. The van der Waals surface area contributed by atoms with Gasteiger partial charge < -0.3 is 9.88 Å². The van der Waals surface area contributed by atoms with Crippen LogP contribution in [0.1, 0.15) is 50.3 Å². The molecule has 0 aromatic carbocycles. The molecular formula is C15H24N4. The minimum Gasteiger partial charge on any atom is -0.353 e. The van der Waals surface area contributed by atoms with E-state index >= 15 is 0 Å². The molecule has 3 fully saturated rings. The van der Waals surface area contributed by atoms with Crippen molar-refractivity contribution < 1.29 is 0 Å². The van der Waals surface area contributed by atoms with Crippen molar-refractivity contribution in [2.45, 2.75) is 63.6 Å². The highest BCUT2D eigenvalue weighted by Crippen LogP contribution is 2.37. The van der Waals surface area contributed by atoms with Gasteiger partial charge in [-0.2, -0.15) is 0 Å². The molecular weight excluding hydrogens is 236 g/mol. The van der Waals surface area contributed by atoms with Gasteiger partial charge in [-0.15, -0.1) is 0 Å². The predicted molar refractivity (Wildman–Crippen MR) is 76.5 cm³/mol. The summed E-state index contributed by atoms with van der Waals surface area (Å²) in [5.74, 6) is 1.12. The highest BCUT2D eigenvalue weighted by molar-refractivity contribution is 5.33. The lowest BCUT2D eigenvalue weighted by molar-refractivity contribution is 0.174. The molecule has 3 heterocycles. The van der Waals surface area contributed by atoms with Crippen LogP contribution in [-0.4, -0.2) is 39.6 Å². The molecule has 1 N–H and O–H groups in total. The Kier molecular flexibility index (Phi) is 2.79. The van der Waals surface area contributed by atoms with Crippen molar-refractivity contribution >= 4 is 5.95 Å². The van der Waals surface area contributed by atoms with Crippen molar-refractivity contribution in [1.82, 2.24) is 14.5 Å². The van der Waals surface area contributed by atoms with Crippen LogP contribution < -0.4 is 5.32 Å². The Morgan fingerprint density at radius 2 is 2.00 bits per heavy atom. The van der Waals surface area contributed by atoms with Crippen LogP contribution in [-0.2, 0) is 0 Å². The molecule has 0 radical (unpaired) electrons. The standard InChI is InChI=1S/C15H24N4/c1-11-10-19(15(16-11)17-12-5-6-12)14-7-9-18-8-3-2-4-13(14)18/h10,12-14H,2-9H2,1H3,(H,16,17). The van der Waals surface area contributed by atoms with E-state index in [0.717, 1.165) is 17.7 Å². The van der Waals surface area contributed by atoms with Crippen LogP contribution in [0.15, 0.2) is 6.20 Å². The van der Waals surface area contributed by atoms with Crippen LogP contribution in [0, 0.1) is 6.92 Å². The fourth-order valence-electron chi connectivity index (χ4n) is 3.83. The summed E-state index contributed by atoms with van der Waals surface area (Å²) in [5.41, 5.74) is 1.15. The quantitative estimate of drug-likeness (QED) is 0.906. The van der Waals surface area contributed by atoms with Crippen LogP contribution in [0.4, 0.5) is 5.95 Å². The number of hydrogen-bond donors (Lipinski definition) is 1. The number of aryl methyl sites for hydroxylation is 1. The molecule has 4 nitrogen and oxygen atoms in total. The van der Waals surface area contributed by atoms with Gasteiger partial charge in [-0.25, -0.2) is 4.98 Å². The highest BCUT2D eigenvalue weighted by Gasteiger charge is 2.37. The normalized spacial score (nSPS) is 31.4. The van der Waals surface area contributed by atoms with Gasteiger partial charge in [-0.1, -0.05) is 6.42 Å². The molecule has 19 heavy (non-hydrogen) atoms. The lowest BCUT2D eigenvalue weighted by atomic mass is 9.99. The molecule has 1 saturated carbocycles. The zero-order valence-corrected chi connectivity index (χ0v) is 11.8. The predicted octanol–water partition coefficient (Wildman–Crippen LogP) is 2.57. The average molecular weight is 260 g/mol. The van der Waals surface area contributed by atoms with E-state index in [9.17, 15) is 0 Å². The number of piperidine rings is 1. The molecule has 1 aromatic heterocycles. The number of fused-ring (bicyclic) bond motifs is 1. The number of aromatic nitrogens is 2. The van der Waals surface area contributed by atoms with Gasteiger partial charge in [0.15, 0.2) is 0 Å². The van der Waals surface area contributed by atoms with E-state index in [4.69, 9.17) is 4.98 Å². The average Bonchev–Trinajstić information content (AvgIpc) is 3.00.